The van der Waals surface area contributed by atoms with Gasteiger partial charge in [-0.3, -0.25) is 9.48 Å². The lowest BCUT2D eigenvalue weighted by Crippen LogP contribution is -2.30. The third-order valence-electron chi connectivity index (χ3n) is 4.79. The van der Waals surface area contributed by atoms with Crippen molar-refractivity contribution < 1.29 is 4.79 Å². The van der Waals surface area contributed by atoms with E-state index in [1.807, 2.05) is 40.9 Å². The normalized spacial score (nSPS) is 12.4. The van der Waals surface area contributed by atoms with Crippen LogP contribution in [0.3, 0.4) is 0 Å². The second kappa shape index (κ2) is 6.31. The fraction of sp³-hybridized carbons (Fsp3) is 0.350. The minimum Gasteiger partial charge on any atom is -0.335 e. The van der Waals surface area contributed by atoms with Crippen molar-refractivity contribution in [2.45, 2.75) is 33.7 Å². The van der Waals surface area contributed by atoms with Crippen LogP contribution in [0.4, 0.5) is 0 Å². The Labute approximate surface area is 148 Å². The van der Waals surface area contributed by atoms with Crippen molar-refractivity contribution in [1.29, 1.82) is 0 Å². The molecule has 0 N–H and O–H groups in total. The van der Waals surface area contributed by atoms with Gasteiger partial charge in [0.05, 0.1) is 22.7 Å². The fourth-order valence-electron chi connectivity index (χ4n) is 3.17. The van der Waals surface area contributed by atoms with Crippen molar-refractivity contribution in [3.8, 4) is 0 Å². The zero-order valence-corrected chi connectivity index (χ0v) is 15.7. The third-order valence-corrected chi connectivity index (χ3v) is 4.79. The van der Waals surface area contributed by atoms with E-state index in [2.05, 4.69) is 41.3 Å². The Balaban J connectivity index is 2.03. The SMILES string of the molecule is Cc1ccc(C(C)N(C)C(=O)c2cc(C)nc3c2c(C)nn3C)cc1. The summed E-state index contributed by atoms with van der Waals surface area (Å²) in [5, 5.41) is 5.26. The maximum Gasteiger partial charge on any atom is 0.254 e. The van der Waals surface area contributed by atoms with Gasteiger partial charge in [-0.05, 0) is 39.3 Å². The largest absolute Gasteiger partial charge is 0.335 e. The fourth-order valence-corrected chi connectivity index (χ4v) is 3.17. The summed E-state index contributed by atoms with van der Waals surface area (Å²) in [7, 11) is 3.70. The average molecular weight is 336 g/mol. The summed E-state index contributed by atoms with van der Waals surface area (Å²) in [6, 6.07) is 10.1. The first-order chi connectivity index (χ1) is 11.8. The van der Waals surface area contributed by atoms with Crippen molar-refractivity contribution in [1.82, 2.24) is 19.7 Å². The van der Waals surface area contributed by atoms with Crippen LogP contribution in [0.1, 0.15) is 45.8 Å². The first kappa shape index (κ1) is 17.1. The zero-order valence-electron chi connectivity index (χ0n) is 15.7. The van der Waals surface area contributed by atoms with E-state index in [1.54, 1.807) is 9.58 Å². The highest BCUT2D eigenvalue weighted by Gasteiger charge is 2.23. The number of hydrogen-bond donors (Lipinski definition) is 0. The van der Waals surface area contributed by atoms with Crippen LogP contribution in [0.15, 0.2) is 30.3 Å². The van der Waals surface area contributed by atoms with E-state index in [1.165, 1.54) is 5.56 Å². The van der Waals surface area contributed by atoms with Crippen molar-refractivity contribution in [3.63, 3.8) is 0 Å². The van der Waals surface area contributed by atoms with Gasteiger partial charge >= 0.3 is 0 Å². The number of carbonyl (C=O) groups is 1. The molecule has 1 atom stereocenters. The molecule has 0 radical (unpaired) electrons. The Morgan fingerprint density at radius 1 is 1.16 bits per heavy atom. The number of amides is 1. The van der Waals surface area contributed by atoms with Gasteiger partial charge in [0.1, 0.15) is 0 Å². The summed E-state index contributed by atoms with van der Waals surface area (Å²) in [5.74, 6) is -0.0142. The molecule has 25 heavy (non-hydrogen) atoms. The highest BCUT2D eigenvalue weighted by Crippen LogP contribution is 2.26. The van der Waals surface area contributed by atoms with E-state index in [9.17, 15) is 4.79 Å². The number of fused-ring (bicyclic) bond motifs is 1. The molecule has 0 bridgehead atoms. The van der Waals surface area contributed by atoms with Crippen molar-refractivity contribution in [2.75, 3.05) is 7.05 Å². The first-order valence-electron chi connectivity index (χ1n) is 8.44. The summed E-state index contributed by atoms with van der Waals surface area (Å²) < 4.78 is 1.73. The lowest BCUT2D eigenvalue weighted by Gasteiger charge is -2.26. The third kappa shape index (κ3) is 3.02. The highest BCUT2D eigenvalue weighted by molar-refractivity contribution is 6.06. The molecule has 1 amide bonds. The van der Waals surface area contributed by atoms with E-state index in [0.29, 0.717) is 5.56 Å². The van der Waals surface area contributed by atoms with Crippen molar-refractivity contribution in [3.05, 3.63) is 58.4 Å². The molecule has 0 saturated heterocycles. The topological polar surface area (TPSA) is 51.0 Å². The number of nitrogens with zero attached hydrogens (tertiary/aromatic N) is 4. The molecule has 2 aromatic heterocycles. The Bertz CT molecular complexity index is 940. The van der Waals surface area contributed by atoms with Crippen molar-refractivity contribution >= 4 is 16.9 Å². The molecule has 0 aliphatic rings. The molecular weight excluding hydrogens is 312 g/mol. The first-order valence-corrected chi connectivity index (χ1v) is 8.44. The lowest BCUT2D eigenvalue weighted by atomic mass is 10.0. The number of carbonyl (C=O) groups excluding carboxylic acids is 1. The molecule has 1 unspecified atom stereocenters. The molecule has 5 heteroatoms. The monoisotopic (exact) mass is 336 g/mol. The summed E-state index contributed by atoms with van der Waals surface area (Å²) in [4.78, 5) is 19.5. The molecule has 3 aromatic rings. The van der Waals surface area contributed by atoms with Gasteiger partial charge in [-0.25, -0.2) is 4.98 Å². The summed E-state index contributed by atoms with van der Waals surface area (Å²) >= 11 is 0. The van der Waals surface area contributed by atoms with Gasteiger partial charge in [-0.15, -0.1) is 0 Å². The second-order valence-electron chi connectivity index (χ2n) is 6.72. The number of aryl methyl sites for hydroxylation is 4. The summed E-state index contributed by atoms with van der Waals surface area (Å²) in [6.45, 7) is 7.93. The van der Waals surface area contributed by atoms with Crippen LogP contribution in [0.5, 0.6) is 0 Å². The van der Waals surface area contributed by atoms with Crippen LogP contribution < -0.4 is 0 Å². The molecule has 130 valence electrons. The standard InChI is InChI=1S/C20H24N4O/c1-12-7-9-16(10-8-12)15(4)23(5)20(25)17-11-13(2)21-19-18(17)14(3)22-24(19)6/h7-11,15H,1-6H3. The molecule has 0 fully saturated rings. The van der Waals surface area contributed by atoms with Gasteiger partial charge in [0.15, 0.2) is 5.65 Å². The predicted octanol–water partition coefficient (Wildman–Crippen LogP) is 3.73. The molecule has 3 rings (SSSR count). The van der Waals surface area contributed by atoms with E-state index in [4.69, 9.17) is 0 Å². The molecule has 2 heterocycles. The Morgan fingerprint density at radius 2 is 1.80 bits per heavy atom. The molecule has 0 spiro atoms. The van der Waals surface area contributed by atoms with E-state index >= 15 is 0 Å². The van der Waals surface area contributed by atoms with Crippen molar-refractivity contribution in [2.24, 2.45) is 7.05 Å². The number of rotatable bonds is 3. The Morgan fingerprint density at radius 3 is 2.44 bits per heavy atom. The van der Waals surface area contributed by atoms with Crippen LogP contribution in [0, 0.1) is 20.8 Å². The quantitative estimate of drug-likeness (QED) is 0.732. The van der Waals surface area contributed by atoms with Crippen LogP contribution in [-0.2, 0) is 7.05 Å². The molecule has 0 saturated carbocycles. The number of pyridine rings is 1. The molecular formula is C20H24N4O. The minimum atomic E-state index is -0.0198. The molecule has 0 aliphatic heterocycles. The second-order valence-corrected chi connectivity index (χ2v) is 6.72. The Kier molecular flexibility index (Phi) is 4.33. The Hall–Kier alpha value is -2.69. The van der Waals surface area contributed by atoms with E-state index in [-0.39, 0.29) is 11.9 Å². The van der Waals surface area contributed by atoms with Gasteiger partial charge in [0, 0.05) is 19.8 Å². The zero-order chi connectivity index (χ0) is 18.3. The van der Waals surface area contributed by atoms with Crippen LogP contribution in [-0.4, -0.2) is 32.6 Å². The minimum absolute atomic E-state index is 0.0142. The summed E-state index contributed by atoms with van der Waals surface area (Å²) in [6.07, 6.45) is 0. The molecule has 1 aromatic carbocycles. The number of benzene rings is 1. The van der Waals surface area contributed by atoms with E-state index < -0.39 is 0 Å². The maximum absolute atomic E-state index is 13.2. The summed E-state index contributed by atoms with van der Waals surface area (Å²) in [5.41, 5.74) is 5.38. The van der Waals surface area contributed by atoms with Gasteiger partial charge in [-0.2, -0.15) is 5.10 Å². The molecule has 0 aliphatic carbocycles. The van der Waals surface area contributed by atoms with Gasteiger partial charge < -0.3 is 4.90 Å². The highest BCUT2D eigenvalue weighted by atomic mass is 16.2. The maximum atomic E-state index is 13.2. The van der Waals surface area contributed by atoms with Gasteiger partial charge in [0.2, 0.25) is 0 Å². The van der Waals surface area contributed by atoms with Gasteiger partial charge in [0.25, 0.3) is 5.91 Å². The lowest BCUT2D eigenvalue weighted by molar-refractivity contribution is 0.0744. The van der Waals surface area contributed by atoms with Crippen LogP contribution in [0.2, 0.25) is 0 Å². The van der Waals surface area contributed by atoms with Gasteiger partial charge in [-0.1, -0.05) is 29.8 Å². The number of hydrogen-bond acceptors (Lipinski definition) is 3. The smallest absolute Gasteiger partial charge is 0.254 e. The molecule has 5 nitrogen and oxygen atoms in total. The predicted molar refractivity (Wildman–Crippen MR) is 99.7 cm³/mol. The van der Waals surface area contributed by atoms with Crippen LogP contribution >= 0.6 is 0 Å². The average Bonchev–Trinajstić information content (AvgIpc) is 2.87. The number of aromatic nitrogens is 3. The van der Waals surface area contributed by atoms with Crippen LogP contribution in [0.25, 0.3) is 11.0 Å². The van der Waals surface area contributed by atoms with E-state index in [0.717, 1.165) is 28.0 Å².